The number of imidazole rings is 1. The molecule has 0 amide bonds. The normalized spacial score (nSPS) is 11.5. The van der Waals surface area contributed by atoms with E-state index in [1.807, 2.05) is 0 Å². The lowest BCUT2D eigenvalue weighted by Gasteiger charge is -2.16. The van der Waals surface area contributed by atoms with Crippen molar-refractivity contribution < 1.29 is 0 Å². The zero-order valence-corrected chi connectivity index (χ0v) is 25.1. The molecule has 0 spiro atoms. The van der Waals surface area contributed by atoms with Crippen LogP contribution in [0.3, 0.4) is 0 Å². The fourth-order valence-corrected chi connectivity index (χ4v) is 6.86. The second-order valence-electron chi connectivity index (χ2n) is 11.6. The summed E-state index contributed by atoms with van der Waals surface area (Å²) in [5, 5.41) is 2.52. The second kappa shape index (κ2) is 10.8. The molecule has 216 valence electrons. The van der Waals surface area contributed by atoms with Gasteiger partial charge in [-0.1, -0.05) is 121 Å². The first kappa shape index (κ1) is 26.2. The lowest BCUT2D eigenvalue weighted by atomic mass is 9.92. The van der Waals surface area contributed by atoms with Crippen LogP contribution in [0.2, 0.25) is 0 Å². The van der Waals surface area contributed by atoms with Crippen LogP contribution in [0.5, 0.6) is 0 Å². The van der Waals surface area contributed by atoms with Gasteiger partial charge in [0.15, 0.2) is 0 Å². The lowest BCUT2D eigenvalue weighted by molar-refractivity contribution is 1.10. The van der Waals surface area contributed by atoms with Crippen LogP contribution >= 0.6 is 0 Å². The van der Waals surface area contributed by atoms with E-state index in [9.17, 15) is 0 Å². The summed E-state index contributed by atoms with van der Waals surface area (Å²) in [5.41, 5.74) is 12.5. The molecule has 0 aliphatic rings. The number of aromatic nitrogens is 3. The van der Waals surface area contributed by atoms with Gasteiger partial charge in [-0.15, -0.1) is 0 Å². The first-order chi connectivity index (χ1) is 22.8. The van der Waals surface area contributed by atoms with Crippen LogP contribution in [0.15, 0.2) is 176 Å². The van der Waals surface area contributed by atoms with Crippen molar-refractivity contribution >= 4 is 32.8 Å². The van der Waals surface area contributed by atoms with Crippen LogP contribution in [0, 0.1) is 0 Å². The third-order valence-electron chi connectivity index (χ3n) is 8.93. The SMILES string of the molecule is c1ccc(-c2ccc(-c3nc4ccccc4n3-c3ccccc3)cc2-c2cccc(-n3c4ccccc4c4ccccc43)c2)cc1. The molecule has 0 saturated heterocycles. The summed E-state index contributed by atoms with van der Waals surface area (Å²) in [5.74, 6) is 0.923. The molecule has 0 atom stereocenters. The summed E-state index contributed by atoms with van der Waals surface area (Å²) in [4.78, 5) is 5.18. The monoisotopic (exact) mass is 587 g/mol. The maximum Gasteiger partial charge on any atom is 0.145 e. The van der Waals surface area contributed by atoms with Gasteiger partial charge in [-0.2, -0.15) is 0 Å². The van der Waals surface area contributed by atoms with Gasteiger partial charge < -0.3 is 4.57 Å². The molecule has 0 aliphatic heterocycles. The molecular formula is C43H29N3. The van der Waals surface area contributed by atoms with Gasteiger partial charge in [-0.05, 0) is 76.9 Å². The number of benzene rings is 7. The van der Waals surface area contributed by atoms with Gasteiger partial charge in [0.05, 0.1) is 22.1 Å². The highest BCUT2D eigenvalue weighted by Crippen LogP contribution is 2.39. The first-order valence-electron chi connectivity index (χ1n) is 15.7. The maximum absolute atomic E-state index is 5.18. The van der Waals surface area contributed by atoms with Crippen molar-refractivity contribution in [3.8, 4) is 45.0 Å². The van der Waals surface area contributed by atoms with Gasteiger partial charge in [0.2, 0.25) is 0 Å². The van der Waals surface area contributed by atoms with Crippen molar-refractivity contribution in [2.75, 3.05) is 0 Å². The second-order valence-corrected chi connectivity index (χ2v) is 11.6. The molecular weight excluding hydrogens is 558 g/mol. The molecule has 0 fully saturated rings. The van der Waals surface area contributed by atoms with E-state index in [2.05, 4.69) is 185 Å². The molecule has 0 unspecified atom stereocenters. The van der Waals surface area contributed by atoms with Gasteiger partial charge in [0, 0.05) is 27.7 Å². The van der Waals surface area contributed by atoms with Gasteiger partial charge >= 0.3 is 0 Å². The largest absolute Gasteiger partial charge is 0.309 e. The summed E-state index contributed by atoms with van der Waals surface area (Å²) < 4.78 is 4.65. The Labute approximate surface area is 267 Å². The third kappa shape index (κ3) is 4.25. The molecule has 46 heavy (non-hydrogen) atoms. The van der Waals surface area contributed by atoms with Crippen molar-refractivity contribution in [1.82, 2.24) is 14.1 Å². The molecule has 9 aromatic rings. The van der Waals surface area contributed by atoms with Crippen LogP contribution in [-0.4, -0.2) is 14.1 Å². The zero-order chi connectivity index (χ0) is 30.5. The molecule has 0 aliphatic carbocycles. The number of nitrogens with zero attached hydrogens (tertiary/aromatic N) is 3. The van der Waals surface area contributed by atoms with Crippen LogP contribution in [0.25, 0.3) is 77.9 Å². The lowest BCUT2D eigenvalue weighted by Crippen LogP contribution is -1.98. The number of fused-ring (bicyclic) bond motifs is 4. The Morgan fingerprint density at radius 1 is 0.348 bits per heavy atom. The van der Waals surface area contributed by atoms with Crippen molar-refractivity contribution in [1.29, 1.82) is 0 Å². The van der Waals surface area contributed by atoms with E-state index in [-0.39, 0.29) is 0 Å². The van der Waals surface area contributed by atoms with Gasteiger partial charge in [-0.25, -0.2) is 4.98 Å². The molecule has 7 aromatic carbocycles. The Kier molecular flexibility index (Phi) is 6.14. The quantitative estimate of drug-likeness (QED) is 0.196. The van der Waals surface area contributed by atoms with E-state index < -0.39 is 0 Å². The third-order valence-corrected chi connectivity index (χ3v) is 8.93. The number of para-hydroxylation sites is 5. The van der Waals surface area contributed by atoms with Gasteiger partial charge in [0.25, 0.3) is 0 Å². The fourth-order valence-electron chi connectivity index (χ4n) is 6.86. The number of hydrogen-bond donors (Lipinski definition) is 0. The van der Waals surface area contributed by atoms with E-state index in [0.717, 1.165) is 44.9 Å². The molecule has 0 radical (unpaired) electrons. The van der Waals surface area contributed by atoms with E-state index in [4.69, 9.17) is 4.98 Å². The smallest absolute Gasteiger partial charge is 0.145 e. The Morgan fingerprint density at radius 3 is 1.67 bits per heavy atom. The number of rotatable bonds is 5. The molecule has 9 rings (SSSR count). The minimum absolute atomic E-state index is 0.923. The van der Waals surface area contributed by atoms with Crippen molar-refractivity contribution in [2.45, 2.75) is 0 Å². The summed E-state index contributed by atoms with van der Waals surface area (Å²) in [6.07, 6.45) is 0. The Hall–Kier alpha value is -6.19. The standard InChI is InChI=1S/C43H29N3/c1-3-14-30(15-4-1)35-27-26-32(43-44-39-22-9-12-25-42(39)46(43)33-17-5-2-6-18-33)29-38(35)31-16-13-19-34(28-31)45-40-23-10-7-20-36(40)37-21-8-11-24-41(37)45/h1-29H. The summed E-state index contributed by atoms with van der Waals surface area (Å²) in [6.45, 7) is 0. The van der Waals surface area contributed by atoms with E-state index >= 15 is 0 Å². The highest BCUT2D eigenvalue weighted by molar-refractivity contribution is 6.09. The Balaban J connectivity index is 1.28. The molecule has 0 saturated carbocycles. The molecule has 0 N–H and O–H groups in total. The average molecular weight is 588 g/mol. The van der Waals surface area contributed by atoms with Crippen LogP contribution in [0.1, 0.15) is 0 Å². The molecule has 3 heteroatoms. The minimum Gasteiger partial charge on any atom is -0.309 e. The summed E-state index contributed by atoms with van der Waals surface area (Å²) >= 11 is 0. The van der Waals surface area contributed by atoms with Crippen LogP contribution in [-0.2, 0) is 0 Å². The predicted octanol–water partition coefficient (Wildman–Crippen LogP) is 11.1. The summed E-state index contributed by atoms with van der Waals surface area (Å²) in [7, 11) is 0. The maximum atomic E-state index is 5.18. The topological polar surface area (TPSA) is 22.8 Å². The predicted molar refractivity (Wildman–Crippen MR) is 192 cm³/mol. The number of hydrogen-bond acceptors (Lipinski definition) is 1. The Morgan fingerprint density at radius 2 is 0.935 bits per heavy atom. The van der Waals surface area contributed by atoms with E-state index in [1.165, 1.54) is 32.9 Å². The average Bonchev–Trinajstić information content (AvgIpc) is 3.69. The first-order valence-corrected chi connectivity index (χ1v) is 15.7. The Bertz CT molecular complexity index is 2470. The fraction of sp³-hybridized carbons (Fsp3) is 0. The van der Waals surface area contributed by atoms with Crippen molar-refractivity contribution in [2.24, 2.45) is 0 Å². The highest BCUT2D eigenvalue weighted by Gasteiger charge is 2.18. The highest BCUT2D eigenvalue weighted by atomic mass is 15.1. The van der Waals surface area contributed by atoms with Crippen molar-refractivity contribution in [3.63, 3.8) is 0 Å². The van der Waals surface area contributed by atoms with Crippen LogP contribution in [0.4, 0.5) is 0 Å². The summed E-state index contributed by atoms with van der Waals surface area (Å²) in [6, 6.07) is 62.6. The van der Waals surface area contributed by atoms with Gasteiger partial charge in [-0.3, -0.25) is 4.57 Å². The van der Waals surface area contributed by atoms with Crippen molar-refractivity contribution in [3.05, 3.63) is 176 Å². The molecule has 2 heterocycles. The molecule has 3 nitrogen and oxygen atoms in total. The van der Waals surface area contributed by atoms with E-state index in [1.54, 1.807) is 0 Å². The van der Waals surface area contributed by atoms with Gasteiger partial charge in [0.1, 0.15) is 5.82 Å². The van der Waals surface area contributed by atoms with Crippen LogP contribution < -0.4 is 0 Å². The zero-order valence-electron chi connectivity index (χ0n) is 25.1. The molecule has 0 bridgehead atoms. The van der Waals surface area contributed by atoms with E-state index in [0.29, 0.717) is 0 Å². The molecule has 2 aromatic heterocycles. The minimum atomic E-state index is 0.923.